The van der Waals surface area contributed by atoms with E-state index >= 15 is 0 Å². The molecule has 0 aliphatic carbocycles. The van der Waals surface area contributed by atoms with Crippen molar-refractivity contribution in [2.45, 2.75) is 25.1 Å². The molecule has 0 bridgehead atoms. The van der Waals surface area contributed by atoms with E-state index in [-0.39, 0.29) is 17.3 Å². The highest BCUT2D eigenvalue weighted by Crippen LogP contribution is 2.38. The summed E-state index contributed by atoms with van der Waals surface area (Å²) in [6.07, 6.45) is 2.25. The fraction of sp³-hybridized carbons (Fsp3) is 0.429. The van der Waals surface area contributed by atoms with E-state index in [1.807, 2.05) is 0 Å². The van der Waals surface area contributed by atoms with E-state index in [0.717, 1.165) is 0 Å². The van der Waals surface area contributed by atoms with Gasteiger partial charge in [0.25, 0.3) is 0 Å². The number of pyridine rings is 1. The molecule has 2 N–H and O–H groups in total. The normalized spacial score (nSPS) is 17.9. The van der Waals surface area contributed by atoms with Crippen molar-refractivity contribution in [3.8, 4) is 11.3 Å². The molecule has 1 fully saturated rings. The minimum Gasteiger partial charge on any atom is -0.388 e. The van der Waals surface area contributed by atoms with Gasteiger partial charge in [-0.3, -0.25) is 4.98 Å². The van der Waals surface area contributed by atoms with Crippen molar-refractivity contribution in [2.75, 3.05) is 13.1 Å². The molecule has 3 rings (SSSR count). The van der Waals surface area contributed by atoms with E-state index in [1.165, 1.54) is 6.20 Å². The zero-order valence-electron chi connectivity index (χ0n) is 11.3. The molecule has 0 unspecified atom stereocenters. The molecule has 0 saturated carbocycles. The number of halogens is 2. The molecule has 1 aliphatic rings. The number of aliphatic hydroxyl groups is 1. The lowest BCUT2D eigenvalue weighted by Crippen LogP contribution is -2.37. The summed E-state index contributed by atoms with van der Waals surface area (Å²) in [6.45, 7) is 0.992. The van der Waals surface area contributed by atoms with Crippen LogP contribution in [0.2, 0.25) is 5.02 Å². The number of aromatic nitrogens is 2. The molecular formula is C14H15ClFN3O2. The van der Waals surface area contributed by atoms with Crippen molar-refractivity contribution >= 4 is 11.6 Å². The molecule has 0 amide bonds. The van der Waals surface area contributed by atoms with Crippen LogP contribution in [0.25, 0.3) is 11.3 Å². The summed E-state index contributed by atoms with van der Waals surface area (Å²) in [6, 6.07) is 3.23. The van der Waals surface area contributed by atoms with Gasteiger partial charge in [0.2, 0.25) is 0 Å². The summed E-state index contributed by atoms with van der Waals surface area (Å²) < 4.78 is 19.8. The average molecular weight is 312 g/mol. The minimum atomic E-state index is -1.49. The van der Waals surface area contributed by atoms with E-state index in [2.05, 4.69) is 15.5 Å². The van der Waals surface area contributed by atoms with Crippen molar-refractivity contribution in [3.05, 3.63) is 34.8 Å². The summed E-state index contributed by atoms with van der Waals surface area (Å²) in [4.78, 5) is 4.21. The topological polar surface area (TPSA) is 71.2 Å². The lowest BCUT2D eigenvalue weighted by molar-refractivity contribution is 0.110. The van der Waals surface area contributed by atoms with E-state index in [4.69, 9.17) is 21.2 Å². The Morgan fingerprint density at radius 1 is 1.38 bits per heavy atom. The standard InChI is InChI=1S/C14H15ClFN3O2/c15-11-5-9(12-6-10(8-20)21-19-12)7-18-13(11)14(16)1-3-17-4-2-14/h5-7,17,20H,1-4,8H2. The highest BCUT2D eigenvalue weighted by molar-refractivity contribution is 6.31. The fourth-order valence-corrected chi connectivity index (χ4v) is 2.83. The third-order valence-electron chi connectivity index (χ3n) is 3.67. The van der Waals surface area contributed by atoms with Crippen LogP contribution in [-0.4, -0.2) is 28.3 Å². The third kappa shape index (κ3) is 2.79. The van der Waals surface area contributed by atoms with Crippen LogP contribution in [0.5, 0.6) is 0 Å². The van der Waals surface area contributed by atoms with Crippen LogP contribution >= 0.6 is 11.6 Å². The van der Waals surface area contributed by atoms with Gasteiger partial charge in [-0.2, -0.15) is 0 Å². The summed E-state index contributed by atoms with van der Waals surface area (Å²) in [7, 11) is 0. The van der Waals surface area contributed by atoms with Gasteiger partial charge in [0, 0.05) is 17.8 Å². The van der Waals surface area contributed by atoms with Gasteiger partial charge in [-0.15, -0.1) is 0 Å². The Morgan fingerprint density at radius 2 is 2.14 bits per heavy atom. The van der Waals surface area contributed by atoms with E-state index in [1.54, 1.807) is 12.1 Å². The number of rotatable bonds is 3. The zero-order valence-corrected chi connectivity index (χ0v) is 12.0. The first-order valence-electron chi connectivity index (χ1n) is 6.75. The van der Waals surface area contributed by atoms with Crippen molar-refractivity contribution in [3.63, 3.8) is 0 Å². The van der Waals surface area contributed by atoms with E-state index < -0.39 is 5.67 Å². The summed E-state index contributed by atoms with van der Waals surface area (Å²) in [5, 5.41) is 16.2. The van der Waals surface area contributed by atoms with Gasteiger partial charge in [0.05, 0.1) is 10.7 Å². The van der Waals surface area contributed by atoms with Crippen LogP contribution < -0.4 is 5.32 Å². The second-order valence-electron chi connectivity index (χ2n) is 5.11. The quantitative estimate of drug-likeness (QED) is 0.911. The SMILES string of the molecule is OCc1cc(-c2cnc(C3(F)CCNCC3)c(Cl)c2)no1. The Morgan fingerprint density at radius 3 is 2.76 bits per heavy atom. The number of nitrogens with zero attached hydrogens (tertiary/aromatic N) is 2. The smallest absolute Gasteiger partial charge is 0.162 e. The molecule has 21 heavy (non-hydrogen) atoms. The predicted molar refractivity (Wildman–Crippen MR) is 75.6 cm³/mol. The van der Waals surface area contributed by atoms with E-state index in [0.29, 0.717) is 42.9 Å². The Kier molecular flexibility index (Phi) is 3.93. The summed E-state index contributed by atoms with van der Waals surface area (Å²) >= 11 is 6.21. The maximum Gasteiger partial charge on any atom is 0.162 e. The van der Waals surface area contributed by atoms with Crippen LogP contribution in [0.3, 0.4) is 0 Å². The van der Waals surface area contributed by atoms with Crippen molar-refractivity contribution < 1.29 is 14.0 Å². The molecular weight excluding hydrogens is 297 g/mol. The fourth-order valence-electron chi connectivity index (χ4n) is 2.49. The Hall–Kier alpha value is -1.50. The monoisotopic (exact) mass is 311 g/mol. The third-order valence-corrected chi connectivity index (χ3v) is 3.96. The number of nitrogens with one attached hydrogen (secondary N) is 1. The van der Waals surface area contributed by atoms with Gasteiger partial charge in [-0.05, 0) is 32.0 Å². The number of aliphatic hydroxyl groups excluding tert-OH is 1. The molecule has 0 aromatic carbocycles. The average Bonchev–Trinajstić information content (AvgIpc) is 2.96. The number of piperidine rings is 1. The Bertz CT molecular complexity index is 641. The van der Waals surface area contributed by atoms with Crippen LogP contribution in [0, 0.1) is 0 Å². The van der Waals surface area contributed by atoms with Gasteiger partial charge in [-0.1, -0.05) is 16.8 Å². The van der Waals surface area contributed by atoms with E-state index in [9.17, 15) is 4.39 Å². The summed E-state index contributed by atoms with van der Waals surface area (Å²) in [5.41, 5.74) is -0.0655. The second kappa shape index (κ2) is 5.71. The van der Waals surface area contributed by atoms with Crippen molar-refractivity contribution in [1.82, 2.24) is 15.5 Å². The predicted octanol–water partition coefficient (Wildman–Crippen LogP) is 2.43. The first kappa shape index (κ1) is 14.4. The Labute approximate surface area is 126 Å². The Balaban J connectivity index is 1.92. The highest BCUT2D eigenvalue weighted by atomic mass is 35.5. The molecule has 5 nitrogen and oxygen atoms in total. The molecule has 1 saturated heterocycles. The molecule has 1 aliphatic heterocycles. The maximum absolute atomic E-state index is 14.9. The lowest BCUT2D eigenvalue weighted by Gasteiger charge is -2.30. The van der Waals surface area contributed by atoms with Gasteiger partial charge in [0.1, 0.15) is 12.3 Å². The van der Waals surface area contributed by atoms with Crippen LogP contribution in [0.15, 0.2) is 22.9 Å². The van der Waals surface area contributed by atoms with Gasteiger partial charge in [-0.25, -0.2) is 4.39 Å². The van der Waals surface area contributed by atoms with Crippen LogP contribution in [0.1, 0.15) is 24.3 Å². The first-order valence-corrected chi connectivity index (χ1v) is 7.13. The molecule has 2 aromatic rings. The van der Waals surface area contributed by atoms with Gasteiger partial charge >= 0.3 is 0 Å². The number of hydrogen-bond donors (Lipinski definition) is 2. The van der Waals surface area contributed by atoms with Gasteiger partial charge in [0.15, 0.2) is 11.4 Å². The zero-order chi connectivity index (χ0) is 14.9. The number of alkyl halides is 1. The van der Waals surface area contributed by atoms with Crippen molar-refractivity contribution in [2.24, 2.45) is 0 Å². The largest absolute Gasteiger partial charge is 0.388 e. The number of hydrogen-bond acceptors (Lipinski definition) is 5. The minimum absolute atomic E-state index is 0.229. The van der Waals surface area contributed by atoms with Crippen molar-refractivity contribution in [1.29, 1.82) is 0 Å². The van der Waals surface area contributed by atoms with Crippen LogP contribution in [0.4, 0.5) is 4.39 Å². The lowest BCUT2D eigenvalue weighted by atomic mass is 9.90. The molecule has 0 radical (unpaired) electrons. The van der Waals surface area contributed by atoms with Gasteiger partial charge < -0.3 is 14.9 Å². The molecule has 112 valence electrons. The molecule has 0 spiro atoms. The molecule has 3 heterocycles. The first-order chi connectivity index (χ1) is 10.1. The molecule has 7 heteroatoms. The second-order valence-corrected chi connectivity index (χ2v) is 5.51. The molecule has 2 aromatic heterocycles. The maximum atomic E-state index is 14.9. The summed E-state index contributed by atoms with van der Waals surface area (Å²) in [5.74, 6) is 0.352. The highest BCUT2D eigenvalue weighted by Gasteiger charge is 2.37. The molecule has 0 atom stereocenters. The van der Waals surface area contributed by atoms with Crippen LogP contribution in [-0.2, 0) is 12.3 Å².